The summed E-state index contributed by atoms with van der Waals surface area (Å²) in [5.74, 6) is -2.56. The van der Waals surface area contributed by atoms with Gasteiger partial charge in [0.15, 0.2) is 5.78 Å². The van der Waals surface area contributed by atoms with Gasteiger partial charge in [-0.25, -0.2) is 0 Å². The molecule has 1 spiro atoms. The lowest BCUT2D eigenvalue weighted by Crippen LogP contribution is -2.75. The van der Waals surface area contributed by atoms with Gasteiger partial charge in [-0.3, -0.25) is 4.79 Å². The molecule has 0 radical (unpaired) electrons. The van der Waals surface area contributed by atoms with E-state index in [1.165, 1.54) is 16.7 Å². The van der Waals surface area contributed by atoms with Gasteiger partial charge in [-0.15, -0.1) is 0 Å². The summed E-state index contributed by atoms with van der Waals surface area (Å²) in [5, 5.41) is 128. The number of carbonyl (C=O) groups is 1. The molecule has 9 fully saturated rings. The van der Waals surface area contributed by atoms with Crippen LogP contribution in [0.25, 0.3) is 0 Å². The first kappa shape index (κ1) is 61.0. The fourth-order valence-corrected chi connectivity index (χ4v) is 24.4. The molecule has 16 heteroatoms. The van der Waals surface area contributed by atoms with Crippen molar-refractivity contribution in [2.24, 2.45) is 87.6 Å². The molecule has 4 aliphatic heterocycles. The van der Waals surface area contributed by atoms with E-state index >= 15 is 15.0 Å². The summed E-state index contributed by atoms with van der Waals surface area (Å²) < 4.78 is 14.6. The number of Topliss-reactive ketones (excluding diaryl/α,β-unsaturated/α-hetero) is 1. The summed E-state index contributed by atoms with van der Waals surface area (Å²) in [5.41, 5.74) is 2.83. The number of aliphatic hydroxyl groups is 9. The summed E-state index contributed by atoms with van der Waals surface area (Å²) in [6, 6.07) is 0.387. The lowest BCUT2D eigenvalue weighted by Gasteiger charge is -2.69. The quantitative estimate of drug-likeness (QED) is 0.0970. The highest BCUT2D eigenvalue weighted by Crippen LogP contribution is 2.78. The van der Waals surface area contributed by atoms with Gasteiger partial charge in [0.2, 0.25) is 0 Å². The Morgan fingerprint density at radius 1 is 0.909 bits per heavy atom. The topological polar surface area (TPSA) is 280 Å². The third-order valence-electron chi connectivity index (χ3n) is 27.8. The molecule has 0 bridgehead atoms. The molecule has 15 rings (SSSR count). The van der Waals surface area contributed by atoms with E-state index in [-0.39, 0.29) is 106 Å². The predicted octanol–water partition coefficient (Wildman–Crippen LogP) is 6.20. The number of ketones is 1. The zero-order valence-electron chi connectivity index (χ0n) is 52.5. The average molecular weight is 1220 g/mol. The van der Waals surface area contributed by atoms with Crippen LogP contribution in [0.1, 0.15) is 175 Å². The number of carbonyl (C=O) groups excluding carboxylic acids is 1. The van der Waals surface area contributed by atoms with Gasteiger partial charge in [0, 0.05) is 65.8 Å². The van der Waals surface area contributed by atoms with Crippen molar-refractivity contribution in [3.8, 4) is 0 Å². The first-order valence-electron chi connectivity index (χ1n) is 35.2. The van der Waals surface area contributed by atoms with Crippen molar-refractivity contribution in [1.82, 2.24) is 16.0 Å². The standard InChI is InChI=1S/C72H104N4O12/c1-4-7-38-10-15-46-54(18-11-38)88-66-61(46)51(79)9-5-23-72(66,86)67(3,83)57-21-25-71(85)62-63(75-35-37(2)78)64(82)48-31-52(80)53(81)34-68(48)33-41(44-17-19-58(73)76-49(44)8-6-27-77)20-24-69(84,65(62)68)36-70(57,71)43-14-12-39-30-55-59-40(28-42(39)29-43)13-16-47(59)60-45-22-26-74-50(45)32-56(60)87-55/h16-17,19-20,22,24,26,37-39,41-43,45-46,48,50-58,60-61,65-66,74-81,83-86H,4-15,18,21,23,25,27-36,73H2,1-3H3/t37-,38+,39+,41+,42+,43+,45-,46+,48-,50-,51-,52+,53-,54+,55-,56+,57+,58?,60+,61+,65-,66+,67+,68-,69+,70-,71+,72+/m0/s1. The fourth-order valence-electron chi connectivity index (χ4n) is 24.4. The molecule has 0 amide bonds. The highest BCUT2D eigenvalue weighted by molar-refractivity contribution is 6.00. The summed E-state index contributed by atoms with van der Waals surface area (Å²) in [4.78, 5) is 16.4. The van der Waals surface area contributed by atoms with Crippen molar-refractivity contribution in [1.29, 1.82) is 0 Å². The van der Waals surface area contributed by atoms with Crippen LogP contribution in [0.5, 0.6) is 0 Å². The molecule has 2 saturated heterocycles. The minimum atomic E-state index is -1.99. The van der Waals surface area contributed by atoms with Crippen molar-refractivity contribution < 1.29 is 60.2 Å². The van der Waals surface area contributed by atoms with Gasteiger partial charge < -0.3 is 77.1 Å². The number of hydrogen-bond acceptors (Lipinski definition) is 16. The van der Waals surface area contributed by atoms with Crippen LogP contribution in [0.2, 0.25) is 0 Å². The largest absolute Gasteiger partial charge is 0.396 e. The first-order chi connectivity index (χ1) is 42.2. The number of dihydropyridines is 1. The zero-order valence-corrected chi connectivity index (χ0v) is 52.5. The second kappa shape index (κ2) is 22.2. The Morgan fingerprint density at radius 3 is 2.55 bits per heavy atom. The molecular weight excluding hydrogens is 1110 g/mol. The number of nitrogens with one attached hydrogen (secondary N) is 3. The van der Waals surface area contributed by atoms with Crippen LogP contribution in [0, 0.1) is 81.8 Å². The normalized spacial score (nSPS) is 50.7. The molecule has 1 unspecified atom stereocenters. The van der Waals surface area contributed by atoms with Gasteiger partial charge in [-0.1, -0.05) is 62.1 Å². The van der Waals surface area contributed by atoms with E-state index in [0.29, 0.717) is 73.8 Å². The molecule has 88 heavy (non-hydrogen) atoms. The Hall–Kier alpha value is -3.23. The molecule has 15 aliphatic rings. The van der Waals surface area contributed by atoms with Crippen LogP contribution < -0.4 is 21.7 Å². The fraction of sp³-hybridized carbons (Fsp3) is 0.792. The van der Waals surface area contributed by atoms with Crippen molar-refractivity contribution in [2.75, 3.05) is 13.2 Å². The molecule has 0 aromatic carbocycles. The van der Waals surface area contributed by atoms with Crippen LogP contribution in [0.15, 0.2) is 81.9 Å². The maximum Gasteiger partial charge on any atom is 0.182 e. The third kappa shape index (κ3) is 8.94. The number of fused-ring (bicyclic) bond motifs is 10. The van der Waals surface area contributed by atoms with E-state index in [0.717, 1.165) is 81.9 Å². The van der Waals surface area contributed by atoms with E-state index in [2.05, 4.69) is 47.3 Å². The van der Waals surface area contributed by atoms with Gasteiger partial charge in [0.25, 0.3) is 0 Å². The van der Waals surface area contributed by atoms with Crippen molar-refractivity contribution >= 4 is 5.78 Å². The highest BCUT2D eigenvalue weighted by Gasteiger charge is 2.81. The third-order valence-corrected chi connectivity index (χ3v) is 27.8. The maximum atomic E-state index is 16.4. The summed E-state index contributed by atoms with van der Waals surface area (Å²) >= 11 is 0. The molecule has 7 saturated carbocycles. The lowest BCUT2D eigenvalue weighted by atomic mass is 9.37. The number of nitrogens with two attached hydrogens (primary N) is 1. The van der Waals surface area contributed by atoms with E-state index in [4.69, 9.17) is 15.2 Å². The average Bonchev–Trinajstić information content (AvgIpc) is 1.52. The molecule has 4 heterocycles. The van der Waals surface area contributed by atoms with E-state index in [9.17, 15) is 35.7 Å². The molecule has 0 aromatic rings. The summed E-state index contributed by atoms with van der Waals surface area (Å²) in [6.07, 6.45) is 23.6. The molecule has 484 valence electrons. The van der Waals surface area contributed by atoms with Gasteiger partial charge >= 0.3 is 0 Å². The van der Waals surface area contributed by atoms with Crippen molar-refractivity contribution in [3.63, 3.8) is 0 Å². The Morgan fingerprint density at radius 2 is 1.74 bits per heavy atom. The smallest absolute Gasteiger partial charge is 0.182 e. The SMILES string of the molecule is CCC[C@@H]1CC[C@H]2[C@H]3[C@@H](O[C@@H]2CC1)[C@@](O)([C@](C)(O)[C@H]1CC[C@@]2(O)C4=C(NC[C@H](C)O)C(=O)[C@@H]5C[C@@H](O)[C@@H](O)C[C@@]56C[C@H](C5=C(CCCO)NC(N)C=C5)C=C[C@@](O)(C[C@]12[C@@H]1CC[C@@H]2C[C@@H]5O[C@@H]7C[C@@H]8NC=C[C@@H]8[C@@H]7C7=CCC(=C75)C[C@@H]2C1)[C@@H]46)CCC[C@@H]3O. The lowest BCUT2D eigenvalue weighted by molar-refractivity contribution is -0.277. The minimum Gasteiger partial charge on any atom is -0.396 e. The zero-order chi connectivity index (χ0) is 61.2. The van der Waals surface area contributed by atoms with Crippen LogP contribution in [0.3, 0.4) is 0 Å². The van der Waals surface area contributed by atoms with Gasteiger partial charge in [0.1, 0.15) is 5.60 Å². The van der Waals surface area contributed by atoms with Gasteiger partial charge in [-0.05, 0) is 224 Å². The number of hydrogen-bond donors (Lipinski definition) is 13. The minimum absolute atomic E-state index is 0.00183. The summed E-state index contributed by atoms with van der Waals surface area (Å²) in [6.45, 7) is 5.59. The monoisotopic (exact) mass is 1220 g/mol. The Bertz CT molecular complexity index is 2990. The number of rotatable bonds is 12. The van der Waals surface area contributed by atoms with Crippen LogP contribution in [0.4, 0.5) is 0 Å². The maximum absolute atomic E-state index is 16.4. The number of allylic oxidation sites excluding steroid dienone is 7. The van der Waals surface area contributed by atoms with E-state index in [1.807, 2.05) is 18.2 Å². The molecular formula is C72H104N4O12. The number of aliphatic hydroxyl groups excluding tert-OH is 5. The van der Waals surface area contributed by atoms with Gasteiger partial charge in [-0.2, -0.15) is 0 Å². The Kier molecular flexibility index (Phi) is 15.4. The second-order valence-corrected chi connectivity index (χ2v) is 32.0. The predicted molar refractivity (Wildman–Crippen MR) is 330 cm³/mol. The van der Waals surface area contributed by atoms with Crippen LogP contribution >= 0.6 is 0 Å². The van der Waals surface area contributed by atoms with Crippen molar-refractivity contribution in [2.45, 2.75) is 258 Å². The van der Waals surface area contributed by atoms with E-state index < -0.39 is 99.5 Å². The Labute approximate surface area is 520 Å². The van der Waals surface area contributed by atoms with Crippen LogP contribution in [-0.2, 0) is 14.3 Å². The number of ether oxygens (including phenoxy) is 2. The molecule has 11 aliphatic carbocycles. The Balaban J connectivity index is 0.906. The molecule has 14 N–H and O–H groups in total. The highest BCUT2D eigenvalue weighted by atomic mass is 16.5. The second-order valence-electron chi connectivity index (χ2n) is 32.0. The first-order valence-corrected chi connectivity index (χ1v) is 35.2. The van der Waals surface area contributed by atoms with Crippen molar-refractivity contribution in [3.05, 3.63) is 81.9 Å². The molecule has 16 nitrogen and oxygen atoms in total. The molecule has 0 aromatic heterocycles. The van der Waals surface area contributed by atoms with Gasteiger partial charge in [0.05, 0.1) is 77.5 Å². The molecule has 28 atom stereocenters. The van der Waals surface area contributed by atoms with Crippen LogP contribution in [-0.4, -0.2) is 148 Å². The van der Waals surface area contributed by atoms with E-state index in [1.54, 1.807) is 13.8 Å². The summed E-state index contributed by atoms with van der Waals surface area (Å²) in [7, 11) is 0.